The Morgan fingerprint density at radius 3 is 2.18 bits per heavy atom. The van der Waals surface area contributed by atoms with Crippen molar-refractivity contribution in [1.29, 1.82) is 0 Å². The minimum absolute atomic E-state index is 0.0296. The fraction of sp³-hybridized carbons (Fsp3) is 0.412. The summed E-state index contributed by atoms with van der Waals surface area (Å²) in [5.41, 5.74) is 1.87. The van der Waals surface area contributed by atoms with E-state index in [4.69, 9.17) is 21.1 Å². The van der Waals surface area contributed by atoms with Crippen molar-refractivity contribution >= 4 is 39.1 Å². The van der Waals surface area contributed by atoms with Crippen LogP contribution in [0.25, 0.3) is 0 Å². The highest BCUT2D eigenvalue weighted by Gasteiger charge is 2.34. The van der Waals surface area contributed by atoms with E-state index >= 15 is 0 Å². The van der Waals surface area contributed by atoms with Crippen molar-refractivity contribution in [2.45, 2.75) is 75.9 Å². The molecular weight excluding hydrogens is 614 g/mol. The van der Waals surface area contributed by atoms with E-state index in [-0.39, 0.29) is 29.1 Å². The first-order valence-electron chi connectivity index (χ1n) is 15.2. The van der Waals surface area contributed by atoms with Crippen molar-refractivity contribution in [3.63, 3.8) is 0 Å². The van der Waals surface area contributed by atoms with Crippen LogP contribution in [0.2, 0.25) is 5.02 Å². The van der Waals surface area contributed by atoms with Crippen LogP contribution in [0.15, 0.2) is 71.6 Å². The Morgan fingerprint density at radius 2 is 1.58 bits per heavy atom. The van der Waals surface area contributed by atoms with Gasteiger partial charge in [0.05, 0.1) is 24.8 Å². The van der Waals surface area contributed by atoms with E-state index in [2.05, 4.69) is 5.32 Å². The van der Waals surface area contributed by atoms with Crippen molar-refractivity contribution < 1.29 is 27.5 Å². The molecule has 9 nitrogen and oxygen atoms in total. The average Bonchev–Trinajstić information content (AvgIpc) is 3.04. The number of amides is 2. The Kier molecular flexibility index (Phi) is 11.7. The number of anilines is 1. The zero-order chi connectivity index (χ0) is 32.6. The second-order valence-corrected chi connectivity index (χ2v) is 13.6. The monoisotopic (exact) mass is 655 g/mol. The molecule has 1 atom stereocenters. The minimum Gasteiger partial charge on any atom is -0.493 e. The number of nitrogens with one attached hydrogen (secondary N) is 1. The molecule has 1 aliphatic rings. The van der Waals surface area contributed by atoms with Crippen LogP contribution < -0.4 is 19.1 Å². The molecular formula is C34H42ClN3O6S. The highest BCUT2D eigenvalue weighted by Crippen LogP contribution is 2.34. The third-order valence-electron chi connectivity index (χ3n) is 8.15. The molecule has 1 unspecified atom stereocenters. The number of hydrogen-bond donors (Lipinski definition) is 1. The zero-order valence-corrected chi connectivity index (χ0v) is 27.9. The molecule has 3 aromatic rings. The van der Waals surface area contributed by atoms with Gasteiger partial charge in [0.2, 0.25) is 11.8 Å². The first-order chi connectivity index (χ1) is 21.6. The van der Waals surface area contributed by atoms with E-state index in [0.717, 1.165) is 47.5 Å². The van der Waals surface area contributed by atoms with Crippen LogP contribution in [0.1, 0.15) is 56.6 Å². The lowest BCUT2D eigenvalue weighted by Gasteiger charge is -2.34. The lowest BCUT2D eigenvalue weighted by molar-refractivity contribution is -0.140. The van der Waals surface area contributed by atoms with Gasteiger partial charge in [0, 0.05) is 23.7 Å². The molecule has 1 fully saturated rings. The molecule has 0 aromatic heterocycles. The van der Waals surface area contributed by atoms with Crippen LogP contribution in [0.4, 0.5) is 5.69 Å². The summed E-state index contributed by atoms with van der Waals surface area (Å²) >= 11 is 6.12. The molecule has 0 bridgehead atoms. The highest BCUT2D eigenvalue weighted by molar-refractivity contribution is 7.92. The Hall–Kier alpha value is -3.76. The van der Waals surface area contributed by atoms with Gasteiger partial charge in [-0.05, 0) is 68.1 Å². The number of sulfonamides is 1. The fourth-order valence-corrected chi connectivity index (χ4v) is 7.13. The van der Waals surface area contributed by atoms with Crippen LogP contribution in [0.3, 0.4) is 0 Å². The van der Waals surface area contributed by atoms with Gasteiger partial charge in [-0.1, -0.05) is 67.6 Å². The number of hydrogen-bond acceptors (Lipinski definition) is 6. The zero-order valence-electron chi connectivity index (χ0n) is 26.3. The number of rotatable bonds is 13. The Bertz CT molecular complexity index is 1560. The minimum atomic E-state index is -4.23. The third kappa shape index (κ3) is 8.49. The Morgan fingerprint density at radius 1 is 0.933 bits per heavy atom. The summed E-state index contributed by atoms with van der Waals surface area (Å²) in [6, 6.07) is 17.4. The van der Waals surface area contributed by atoms with Gasteiger partial charge in [-0.25, -0.2) is 8.42 Å². The molecule has 11 heteroatoms. The largest absolute Gasteiger partial charge is 0.493 e. The normalized spacial score (nSPS) is 14.3. The molecule has 0 saturated heterocycles. The fourth-order valence-electron chi connectivity index (χ4n) is 5.60. The summed E-state index contributed by atoms with van der Waals surface area (Å²) in [5.74, 6) is -0.0511. The first-order valence-corrected chi connectivity index (χ1v) is 17.0. The summed E-state index contributed by atoms with van der Waals surface area (Å²) in [7, 11) is -1.29. The van der Waals surface area contributed by atoms with Gasteiger partial charge in [-0.2, -0.15) is 0 Å². The SMILES string of the molecule is CCC(C(=O)NC1CCCCC1)N(Cc1ccc(Cl)cc1)C(=O)CN(c1ccc(OC)c(OC)c1)S(=O)(=O)c1ccc(C)cc1. The summed E-state index contributed by atoms with van der Waals surface area (Å²) in [6.07, 6.45) is 5.38. The third-order valence-corrected chi connectivity index (χ3v) is 10.2. The summed E-state index contributed by atoms with van der Waals surface area (Å²) in [4.78, 5) is 29.6. The molecule has 242 valence electrons. The maximum Gasteiger partial charge on any atom is 0.264 e. The lowest BCUT2D eigenvalue weighted by atomic mass is 9.95. The van der Waals surface area contributed by atoms with Gasteiger partial charge in [0.25, 0.3) is 10.0 Å². The van der Waals surface area contributed by atoms with E-state index in [0.29, 0.717) is 22.9 Å². The molecule has 4 rings (SSSR count). The van der Waals surface area contributed by atoms with Gasteiger partial charge >= 0.3 is 0 Å². The smallest absolute Gasteiger partial charge is 0.264 e. The van der Waals surface area contributed by atoms with Crippen LogP contribution in [-0.2, 0) is 26.2 Å². The summed E-state index contributed by atoms with van der Waals surface area (Å²) in [5, 5.41) is 3.70. The number of methoxy groups -OCH3 is 2. The molecule has 0 aliphatic heterocycles. The maximum atomic E-state index is 14.4. The Balaban J connectivity index is 1.74. The highest BCUT2D eigenvalue weighted by atomic mass is 35.5. The predicted octanol–water partition coefficient (Wildman–Crippen LogP) is 6.12. The number of benzene rings is 3. The van der Waals surface area contributed by atoms with Gasteiger partial charge in [-0.15, -0.1) is 0 Å². The van der Waals surface area contributed by atoms with Gasteiger partial charge in [0.15, 0.2) is 11.5 Å². The Labute approximate surface area is 271 Å². The van der Waals surface area contributed by atoms with Crippen molar-refractivity contribution in [2.24, 2.45) is 0 Å². The summed E-state index contributed by atoms with van der Waals surface area (Å²) < 4.78 is 40.2. The van der Waals surface area contributed by atoms with Crippen molar-refractivity contribution in [3.8, 4) is 11.5 Å². The van der Waals surface area contributed by atoms with Gasteiger partial charge in [0.1, 0.15) is 12.6 Å². The van der Waals surface area contributed by atoms with Crippen LogP contribution in [0, 0.1) is 6.92 Å². The number of ether oxygens (including phenoxy) is 2. The number of carbonyl (C=O) groups excluding carboxylic acids is 2. The molecule has 2 amide bonds. The van der Waals surface area contributed by atoms with E-state index in [9.17, 15) is 18.0 Å². The molecule has 45 heavy (non-hydrogen) atoms. The molecule has 0 heterocycles. The van der Waals surface area contributed by atoms with Crippen LogP contribution in [0.5, 0.6) is 11.5 Å². The van der Waals surface area contributed by atoms with Gasteiger partial charge < -0.3 is 19.7 Å². The molecule has 0 spiro atoms. The second kappa shape index (κ2) is 15.5. The molecule has 1 saturated carbocycles. The molecule has 0 radical (unpaired) electrons. The van der Waals surface area contributed by atoms with Crippen molar-refractivity contribution in [1.82, 2.24) is 10.2 Å². The molecule has 3 aromatic carbocycles. The van der Waals surface area contributed by atoms with E-state index in [1.807, 2.05) is 13.8 Å². The molecule has 1 aliphatic carbocycles. The number of aryl methyl sites for hydroxylation is 1. The number of nitrogens with zero attached hydrogens (tertiary/aromatic N) is 2. The van der Waals surface area contributed by atoms with Gasteiger partial charge in [-0.3, -0.25) is 13.9 Å². The topological polar surface area (TPSA) is 105 Å². The van der Waals surface area contributed by atoms with E-state index in [1.54, 1.807) is 48.5 Å². The van der Waals surface area contributed by atoms with E-state index < -0.39 is 28.5 Å². The maximum absolute atomic E-state index is 14.4. The average molecular weight is 656 g/mol. The molecule has 1 N–H and O–H groups in total. The number of carbonyl (C=O) groups is 2. The first kappa shape index (κ1) is 34.1. The quantitative estimate of drug-likeness (QED) is 0.238. The van der Waals surface area contributed by atoms with Crippen LogP contribution in [-0.4, -0.2) is 58.0 Å². The lowest BCUT2D eigenvalue weighted by Crippen LogP contribution is -2.54. The second-order valence-electron chi connectivity index (χ2n) is 11.3. The standard InChI is InChI=1S/C34H42ClN3O6S/c1-5-30(34(40)36-27-9-7-6-8-10-27)37(22-25-13-15-26(35)16-14-25)33(39)23-38(28-17-20-31(43-3)32(21-28)44-4)45(41,42)29-18-11-24(2)12-19-29/h11-21,27,30H,5-10,22-23H2,1-4H3,(H,36,40). The van der Waals surface area contributed by atoms with Crippen molar-refractivity contribution in [2.75, 3.05) is 25.1 Å². The predicted molar refractivity (Wildman–Crippen MR) is 176 cm³/mol. The number of halogens is 1. The van der Waals surface area contributed by atoms with Crippen molar-refractivity contribution in [3.05, 3.63) is 82.9 Å². The summed E-state index contributed by atoms with van der Waals surface area (Å²) in [6.45, 7) is 3.26. The van der Waals surface area contributed by atoms with Crippen LogP contribution >= 0.6 is 11.6 Å². The van der Waals surface area contributed by atoms with E-state index in [1.165, 1.54) is 37.3 Å².